The lowest BCUT2D eigenvalue weighted by Crippen LogP contribution is -2.40. The number of ether oxygens (including phenoxy) is 1. The molecule has 2 aliphatic carbocycles. The summed E-state index contributed by atoms with van der Waals surface area (Å²) in [6.07, 6.45) is 4.68. The molecule has 108 valence electrons. The van der Waals surface area contributed by atoms with Crippen LogP contribution < -0.4 is 5.56 Å². The van der Waals surface area contributed by atoms with Crippen molar-refractivity contribution >= 4 is 28.6 Å². The molecule has 1 aromatic heterocycles. The summed E-state index contributed by atoms with van der Waals surface area (Å²) >= 11 is 2.54. The Kier molecular flexibility index (Phi) is 3.23. The van der Waals surface area contributed by atoms with Crippen LogP contribution in [0.25, 0.3) is 0 Å². The van der Waals surface area contributed by atoms with Crippen LogP contribution in [0.4, 0.5) is 0 Å². The Hall–Kier alpha value is -0.850. The third-order valence-corrected chi connectivity index (χ3v) is 7.49. The minimum atomic E-state index is -0.341. The first kappa shape index (κ1) is 14.1. The van der Waals surface area contributed by atoms with Crippen molar-refractivity contribution in [2.45, 2.75) is 42.6 Å². The molecule has 4 atom stereocenters. The van der Waals surface area contributed by atoms with Crippen LogP contribution in [0.1, 0.15) is 43.5 Å². The molecule has 20 heavy (non-hydrogen) atoms. The Balaban J connectivity index is 1.78. The van der Waals surface area contributed by atoms with Crippen LogP contribution in [0.3, 0.4) is 0 Å². The van der Waals surface area contributed by atoms with Crippen LogP contribution in [0.2, 0.25) is 0 Å². The molecule has 4 unspecified atom stereocenters. The summed E-state index contributed by atoms with van der Waals surface area (Å²) in [4.78, 5) is 25.7. The molecule has 3 rings (SSSR count). The number of alkyl halides is 1. The van der Waals surface area contributed by atoms with Gasteiger partial charge in [0.1, 0.15) is 6.10 Å². The number of fused-ring (bicyclic) bond motifs is 2. The first-order valence-electron chi connectivity index (χ1n) is 6.93. The van der Waals surface area contributed by atoms with Gasteiger partial charge in [-0.2, -0.15) is 0 Å². The number of carbonyl (C=O) groups is 1. The van der Waals surface area contributed by atoms with Gasteiger partial charge in [0.15, 0.2) is 0 Å². The highest BCUT2D eigenvalue weighted by molar-refractivity contribution is 14.1. The Bertz CT molecular complexity index is 589. The molecule has 2 bridgehead atoms. The highest BCUT2D eigenvalue weighted by Gasteiger charge is 2.64. The van der Waals surface area contributed by atoms with Crippen molar-refractivity contribution in [3.8, 4) is 0 Å². The number of H-pyrrole nitrogens is 1. The van der Waals surface area contributed by atoms with E-state index >= 15 is 0 Å². The fourth-order valence-corrected chi connectivity index (χ4v) is 4.88. The molecule has 0 radical (unpaired) electrons. The second-order valence-electron chi connectivity index (χ2n) is 6.30. The summed E-state index contributed by atoms with van der Waals surface area (Å²) in [5.41, 5.74) is 0.246. The average Bonchev–Trinajstić information content (AvgIpc) is 2.72. The van der Waals surface area contributed by atoms with Gasteiger partial charge in [-0.15, -0.1) is 0 Å². The summed E-state index contributed by atoms with van der Waals surface area (Å²) in [6, 6.07) is 2.86. The molecule has 0 spiro atoms. The van der Waals surface area contributed by atoms with Crippen LogP contribution in [-0.4, -0.2) is 20.5 Å². The van der Waals surface area contributed by atoms with E-state index in [9.17, 15) is 9.59 Å². The number of hydrogen-bond acceptors (Lipinski definition) is 3. The van der Waals surface area contributed by atoms with Crippen molar-refractivity contribution in [1.29, 1.82) is 0 Å². The van der Waals surface area contributed by atoms with Crippen molar-refractivity contribution < 1.29 is 9.53 Å². The largest absolute Gasteiger partial charge is 0.458 e. The molecule has 2 saturated carbocycles. The standard InChI is InChI=1S/C15H18INO3/c1-14-6-5-10(15(14,2)16)7-11(14)20-13(19)9-3-4-12(18)17-8-9/h3-4,8,10-11H,5-7H2,1-2H3,(H,17,18). The maximum absolute atomic E-state index is 12.2. The van der Waals surface area contributed by atoms with Gasteiger partial charge in [-0.05, 0) is 38.2 Å². The lowest BCUT2D eigenvalue weighted by molar-refractivity contribution is -0.00854. The van der Waals surface area contributed by atoms with Gasteiger partial charge in [0, 0.05) is 21.1 Å². The zero-order valence-electron chi connectivity index (χ0n) is 11.6. The number of hydrogen-bond donors (Lipinski definition) is 1. The molecule has 0 aliphatic heterocycles. The van der Waals surface area contributed by atoms with Gasteiger partial charge < -0.3 is 9.72 Å². The zero-order chi connectivity index (χ0) is 14.5. The van der Waals surface area contributed by atoms with Gasteiger partial charge in [0.25, 0.3) is 0 Å². The van der Waals surface area contributed by atoms with E-state index in [1.54, 1.807) is 0 Å². The van der Waals surface area contributed by atoms with Crippen molar-refractivity contribution in [2.24, 2.45) is 11.3 Å². The van der Waals surface area contributed by atoms with E-state index in [4.69, 9.17) is 4.74 Å². The third kappa shape index (κ3) is 1.93. The SMILES string of the molecule is CC1(I)C2CCC1(C)C(OC(=O)c1ccc(=O)[nH]c1)C2. The molecule has 0 saturated heterocycles. The van der Waals surface area contributed by atoms with Crippen LogP contribution in [0.5, 0.6) is 0 Å². The van der Waals surface area contributed by atoms with E-state index in [1.165, 1.54) is 24.8 Å². The van der Waals surface area contributed by atoms with Gasteiger partial charge >= 0.3 is 5.97 Å². The number of pyridine rings is 1. The van der Waals surface area contributed by atoms with Crippen LogP contribution in [0, 0.1) is 11.3 Å². The first-order valence-corrected chi connectivity index (χ1v) is 8.01. The van der Waals surface area contributed by atoms with Gasteiger partial charge in [-0.1, -0.05) is 29.5 Å². The first-order chi connectivity index (χ1) is 9.34. The van der Waals surface area contributed by atoms with Crippen LogP contribution >= 0.6 is 22.6 Å². The second-order valence-corrected chi connectivity index (χ2v) is 8.54. The predicted octanol–water partition coefficient (Wildman–Crippen LogP) is 2.91. The van der Waals surface area contributed by atoms with Crippen LogP contribution in [0.15, 0.2) is 23.1 Å². The Morgan fingerprint density at radius 2 is 2.20 bits per heavy atom. The molecule has 0 amide bonds. The second kappa shape index (κ2) is 4.58. The van der Waals surface area contributed by atoms with Crippen molar-refractivity contribution in [3.05, 3.63) is 34.2 Å². The number of esters is 1. The average molecular weight is 387 g/mol. The zero-order valence-corrected chi connectivity index (χ0v) is 13.8. The molecular formula is C15H18INO3. The number of aromatic nitrogens is 1. The monoisotopic (exact) mass is 387 g/mol. The van der Waals surface area contributed by atoms with Crippen molar-refractivity contribution in [1.82, 2.24) is 4.98 Å². The number of carbonyl (C=O) groups excluding carboxylic acids is 1. The number of rotatable bonds is 2. The molecule has 1 heterocycles. The minimum absolute atomic E-state index is 0.0254. The van der Waals surface area contributed by atoms with Crippen molar-refractivity contribution in [2.75, 3.05) is 0 Å². The quantitative estimate of drug-likeness (QED) is 0.482. The van der Waals surface area contributed by atoms with Gasteiger partial charge in [-0.3, -0.25) is 4.79 Å². The Morgan fingerprint density at radius 3 is 2.70 bits per heavy atom. The molecule has 0 aromatic carbocycles. The molecule has 2 aliphatic rings. The highest BCUT2D eigenvalue weighted by atomic mass is 127. The topological polar surface area (TPSA) is 59.2 Å². The van der Waals surface area contributed by atoms with E-state index in [2.05, 4.69) is 41.4 Å². The van der Waals surface area contributed by atoms with E-state index in [0.717, 1.165) is 12.8 Å². The van der Waals surface area contributed by atoms with E-state index in [-0.39, 0.29) is 26.5 Å². The van der Waals surface area contributed by atoms with Gasteiger partial charge in [-0.25, -0.2) is 4.79 Å². The maximum Gasteiger partial charge on any atom is 0.339 e. The Labute approximate surface area is 131 Å². The predicted molar refractivity (Wildman–Crippen MR) is 84.1 cm³/mol. The summed E-state index contributed by atoms with van der Waals surface area (Å²) in [6.45, 7) is 4.51. The van der Waals surface area contributed by atoms with Crippen LogP contribution in [-0.2, 0) is 4.74 Å². The summed E-state index contributed by atoms with van der Waals surface area (Å²) in [7, 11) is 0. The van der Waals surface area contributed by atoms with Gasteiger partial charge in [0.05, 0.1) is 5.56 Å². The van der Waals surface area contributed by atoms with Crippen molar-refractivity contribution in [3.63, 3.8) is 0 Å². The van der Waals surface area contributed by atoms with E-state index < -0.39 is 0 Å². The molecule has 5 heteroatoms. The summed E-state index contributed by atoms with van der Waals surface area (Å²) < 4.78 is 5.94. The lowest BCUT2D eigenvalue weighted by atomic mass is 9.79. The molecule has 2 fully saturated rings. The third-order valence-electron chi connectivity index (χ3n) is 5.37. The summed E-state index contributed by atoms with van der Waals surface area (Å²) in [5.74, 6) is 0.286. The Morgan fingerprint density at radius 1 is 1.45 bits per heavy atom. The van der Waals surface area contributed by atoms with E-state index in [1.807, 2.05) is 0 Å². The maximum atomic E-state index is 12.2. The lowest BCUT2D eigenvalue weighted by Gasteiger charge is -2.37. The normalized spacial score (nSPS) is 39.0. The van der Waals surface area contributed by atoms with Gasteiger partial charge in [0.2, 0.25) is 5.56 Å². The highest BCUT2D eigenvalue weighted by Crippen LogP contribution is 2.65. The smallest absolute Gasteiger partial charge is 0.339 e. The molecule has 4 nitrogen and oxygen atoms in total. The molecular weight excluding hydrogens is 369 g/mol. The number of nitrogens with one attached hydrogen (secondary N) is 1. The fourth-order valence-electron chi connectivity index (χ4n) is 3.70. The molecule has 1 N–H and O–H groups in total. The molecule has 1 aromatic rings. The minimum Gasteiger partial charge on any atom is -0.458 e. The number of aromatic amines is 1. The number of halogens is 1. The fraction of sp³-hybridized carbons (Fsp3) is 0.600. The van der Waals surface area contributed by atoms with E-state index in [0.29, 0.717) is 11.5 Å². The summed E-state index contributed by atoms with van der Waals surface area (Å²) in [5, 5.41) is 0.